The second-order valence-corrected chi connectivity index (χ2v) is 9.82. The summed E-state index contributed by atoms with van der Waals surface area (Å²) in [6, 6.07) is 15.4. The van der Waals surface area contributed by atoms with Crippen molar-refractivity contribution in [2.45, 2.75) is 37.6 Å². The van der Waals surface area contributed by atoms with Crippen LogP contribution in [0, 0.1) is 11.3 Å². The number of ether oxygens (including phenoxy) is 1. The molecule has 0 spiro atoms. The number of likely N-dealkylation sites (tertiary alicyclic amines) is 1. The lowest BCUT2D eigenvalue weighted by Gasteiger charge is -2.26. The minimum Gasteiger partial charge on any atom is -0.481 e. The number of carboxylic acids is 1. The Bertz CT molecular complexity index is 1130. The standard InChI is InChI=1S/C28H30N2O5/c1-2-8-24(25(31)30-15-18-9-7-14-28(18,17-30)26(32)33)29-27(34)35-16-23-21-12-5-3-10-19(21)20-11-4-6-13-22(20)23/h2-6,10-13,18,23-24H,1,7-9,14-17H2,(H,29,34)(H,32,33)/t18-,24?,28-/m0/s1. The maximum Gasteiger partial charge on any atom is 0.407 e. The van der Waals surface area contributed by atoms with Crippen molar-refractivity contribution in [3.8, 4) is 11.1 Å². The molecule has 2 amide bonds. The Morgan fingerprint density at radius 1 is 1.14 bits per heavy atom. The summed E-state index contributed by atoms with van der Waals surface area (Å²) in [4.78, 5) is 39.6. The highest BCUT2D eigenvalue weighted by Crippen LogP contribution is 2.49. The van der Waals surface area contributed by atoms with Crippen LogP contribution in [0.1, 0.15) is 42.7 Å². The van der Waals surface area contributed by atoms with Gasteiger partial charge in [-0.2, -0.15) is 0 Å². The number of nitrogens with zero attached hydrogens (tertiary/aromatic N) is 1. The molecule has 2 N–H and O–H groups in total. The molecule has 0 aromatic heterocycles. The number of hydrogen-bond donors (Lipinski definition) is 2. The zero-order valence-electron chi connectivity index (χ0n) is 19.6. The summed E-state index contributed by atoms with van der Waals surface area (Å²) in [7, 11) is 0. The van der Waals surface area contributed by atoms with E-state index in [-0.39, 0.29) is 37.3 Å². The lowest BCUT2D eigenvalue weighted by Crippen LogP contribution is -2.49. The maximum absolute atomic E-state index is 13.3. The van der Waals surface area contributed by atoms with Crippen LogP contribution >= 0.6 is 0 Å². The zero-order chi connectivity index (χ0) is 24.6. The Kier molecular flexibility index (Phi) is 6.09. The summed E-state index contributed by atoms with van der Waals surface area (Å²) in [6.07, 6.45) is 3.41. The third-order valence-electron chi connectivity index (χ3n) is 7.94. The molecule has 182 valence electrons. The first kappa shape index (κ1) is 23.1. The molecular weight excluding hydrogens is 444 g/mol. The molecule has 1 heterocycles. The number of carbonyl (C=O) groups is 3. The molecule has 2 aliphatic carbocycles. The predicted molar refractivity (Wildman–Crippen MR) is 131 cm³/mol. The number of carbonyl (C=O) groups excluding carboxylic acids is 2. The van der Waals surface area contributed by atoms with Crippen LogP contribution in [-0.2, 0) is 14.3 Å². The number of hydrogen-bond acceptors (Lipinski definition) is 4. The van der Waals surface area contributed by atoms with E-state index in [0.29, 0.717) is 13.0 Å². The fourth-order valence-electron chi connectivity index (χ4n) is 6.20. The van der Waals surface area contributed by atoms with E-state index >= 15 is 0 Å². The van der Waals surface area contributed by atoms with E-state index in [1.165, 1.54) is 0 Å². The fourth-order valence-corrected chi connectivity index (χ4v) is 6.20. The van der Waals surface area contributed by atoms with Gasteiger partial charge in [0, 0.05) is 19.0 Å². The van der Waals surface area contributed by atoms with Crippen molar-refractivity contribution >= 4 is 18.0 Å². The molecule has 1 saturated carbocycles. The van der Waals surface area contributed by atoms with Crippen LogP contribution in [0.2, 0.25) is 0 Å². The van der Waals surface area contributed by atoms with E-state index in [2.05, 4.69) is 24.0 Å². The molecule has 5 rings (SSSR count). The summed E-state index contributed by atoms with van der Waals surface area (Å²) in [5, 5.41) is 12.5. The molecule has 2 aromatic rings. The van der Waals surface area contributed by atoms with Crippen molar-refractivity contribution in [1.29, 1.82) is 0 Å². The summed E-state index contributed by atoms with van der Waals surface area (Å²) >= 11 is 0. The molecule has 2 fully saturated rings. The van der Waals surface area contributed by atoms with Crippen molar-refractivity contribution < 1.29 is 24.2 Å². The Hall–Kier alpha value is -3.61. The van der Waals surface area contributed by atoms with Gasteiger partial charge in [-0.05, 0) is 47.4 Å². The largest absolute Gasteiger partial charge is 0.481 e. The van der Waals surface area contributed by atoms with Gasteiger partial charge < -0.3 is 20.1 Å². The number of carboxylic acid groups (broad SMARTS) is 1. The Morgan fingerprint density at radius 3 is 2.40 bits per heavy atom. The average molecular weight is 475 g/mol. The number of fused-ring (bicyclic) bond motifs is 4. The Labute approximate surface area is 204 Å². The molecule has 35 heavy (non-hydrogen) atoms. The summed E-state index contributed by atoms with van der Waals surface area (Å²) in [5.41, 5.74) is 3.65. The van der Waals surface area contributed by atoms with Crippen molar-refractivity contribution in [3.63, 3.8) is 0 Å². The van der Waals surface area contributed by atoms with Gasteiger partial charge in [0.25, 0.3) is 0 Å². The number of benzene rings is 2. The quantitative estimate of drug-likeness (QED) is 0.587. The third-order valence-corrected chi connectivity index (χ3v) is 7.94. The molecule has 1 saturated heterocycles. The number of rotatable bonds is 7. The van der Waals surface area contributed by atoms with Crippen LogP contribution < -0.4 is 5.32 Å². The SMILES string of the molecule is C=CCC(NC(=O)OCC1c2ccccc2-c2ccccc21)C(=O)N1C[C@@H]2CCC[C@]2(C(=O)O)C1. The van der Waals surface area contributed by atoms with Gasteiger partial charge in [0.1, 0.15) is 12.6 Å². The van der Waals surface area contributed by atoms with Crippen molar-refractivity contribution in [2.75, 3.05) is 19.7 Å². The van der Waals surface area contributed by atoms with E-state index in [0.717, 1.165) is 35.1 Å². The second-order valence-electron chi connectivity index (χ2n) is 9.82. The highest BCUT2D eigenvalue weighted by Gasteiger charge is 2.56. The first-order valence-corrected chi connectivity index (χ1v) is 12.2. The maximum atomic E-state index is 13.3. The molecule has 0 radical (unpaired) electrons. The molecule has 7 nitrogen and oxygen atoms in total. The molecule has 7 heteroatoms. The average Bonchev–Trinajstić information content (AvgIpc) is 3.52. The van der Waals surface area contributed by atoms with Gasteiger partial charge in [0.15, 0.2) is 0 Å². The minimum absolute atomic E-state index is 0.0391. The van der Waals surface area contributed by atoms with Crippen LogP contribution in [0.5, 0.6) is 0 Å². The molecule has 0 bridgehead atoms. The number of amides is 2. The summed E-state index contributed by atoms with van der Waals surface area (Å²) in [6.45, 7) is 4.47. The van der Waals surface area contributed by atoms with Crippen LogP contribution in [-0.4, -0.2) is 53.7 Å². The molecule has 3 aliphatic rings. The molecule has 3 atom stereocenters. The third kappa shape index (κ3) is 3.99. The van der Waals surface area contributed by atoms with E-state index in [9.17, 15) is 19.5 Å². The van der Waals surface area contributed by atoms with E-state index in [1.54, 1.807) is 11.0 Å². The van der Waals surface area contributed by atoms with Crippen molar-refractivity contribution in [3.05, 3.63) is 72.3 Å². The minimum atomic E-state index is -0.863. The van der Waals surface area contributed by atoms with Gasteiger partial charge in [0.05, 0.1) is 5.41 Å². The van der Waals surface area contributed by atoms with Gasteiger partial charge in [0.2, 0.25) is 5.91 Å². The highest BCUT2D eigenvalue weighted by atomic mass is 16.5. The van der Waals surface area contributed by atoms with Crippen molar-refractivity contribution in [2.24, 2.45) is 11.3 Å². The van der Waals surface area contributed by atoms with Gasteiger partial charge >= 0.3 is 12.1 Å². The predicted octanol–water partition coefficient (Wildman–Crippen LogP) is 4.18. The van der Waals surface area contributed by atoms with Crippen LogP contribution in [0.4, 0.5) is 4.79 Å². The molecular formula is C28H30N2O5. The van der Waals surface area contributed by atoms with Crippen LogP contribution in [0.3, 0.4) is 0 Å². The van der Waals surface area contributed by atoms with E-state index in [1.807, 2.05) is 36.4 Å². The van der Waals surface area contributed by atoms with Crippen molar-refractivity contribution in [1.82, 2.24) is 10.2 Å². The highest BCUT2D eigenvalue weighted by molar-refractivity contribution is 5.88. The smallest absolute Gasteiger partial charge is 0.407 e. The van der Waals surface area contributed by atoms with E-state index in [4.69, 9.17) is 4.74 Å². The molecule has 2 aromatic carbocycles. The first-order chi connectivity index (χ1) is 16.9. The lowest BCUT2D eigenvalue weighted by atomic mass is 9.81. The van der Waals surface area contributed by atoms with Gasteiger partial charge in [-0.15, -0.1) is 6.58 Å². The number of aliphatic carboxylic acids is 1. The second kappa shape index (κ2) is 9.21. The van der Waals surface area contributed by atoms with Gasteiger partial charge in [-0.25, -0.2) is 4.79 Å². The molecule has 1 aliphatic heterocycles. The first-order valence-electron chi connectivity index (χ1n) is 12.2. The zero-order valence-corrected chi connectivity index (χ0v) is 19.6. The molecule has 1 unspecified atom stereocenters. The Morgan fingerprint density at radius 2 is 1.80 bits per heavy atom. The topological polar surface area (TPSA) is 95.9 Å². The normalized spacial score (nSPS) is 23.2. The fraction of sp³-hybridized carbons (Fsp3) is 0.393. The number of nitrogens with one attached hydrogen (secondary N) is 1. The van der Waals surface area contributed by atoms with E-state index < -0.39 is 23.5 Å². The lowest BCUT2D eigenvalue weighted by molar-refractivity contribution is -0.149. The summed E-state index contributed by atoms with van der Waals surface area (Å²) < 4.78 is 5.61. The summed E-state index contributed by atoms with van der Waals surface area (Å²) in [5.74, 6) is -1.23. The Balaban J connectivity index is 1.24. The van der Waals surface area contributed by atoms with Gasteiger partial charge in [-0.3, -0.25) is 9.59 Å². The van der Waals surface area contributed by atoms with Crippen LogP contribution in [0.25, 0.3) is 11.1 Å². The number of alkyl carbamates (subject to hydrolysis) is 1. The monoisotopic (exact) mass is 474 g/mol. The van der Waals surface area contributed by atoms with Crippen LogP contribution in [0.15, 0.2) is 61.2 Å². The van der Waals surface area contributed by atoms with Gasteiger partial charge in [-0.1, -0.05) is 61.0 Å².